The largest absolute Gasteiger partial charge is 0.492 e. The Morgan fingerprint density at radius 1 is 1.16 bits per heavy atom. The second-order valence-electron chi connectivity index (χ2n) is 7.93. The Labute approximate surface area is 189 Å². The molecule has 0 unspecified atom stereocenters. The maximum atomic E-state index is 12.1. The molecule has 32 heavy (non-hydrogen) atoms. The first-order chi connectivity index (χ1) is 15.6. The van der Waals surface area contributed by atoms with Crippen molar-refractivity contribution in [1.29, 1.82) is 0 Å². The van der Waals surface area contributed by atoms with Gasteiger partial charge in [-0.05, 0) is 56.1 Å². The molecule has 1 aliphatic rings. The second-order valence-corrected chi connectivity index (χ2v) is 7.93. The quantitative estimate of drug-likeness (QED) is 0.490. The zero-order valence-electron chi connectivity index (χ0n) is 18.7. The normalized spacial score (nSPS) is 14.3. The molecule has 0 bridgehead atoms. The van der Waals surface area contributed by atoms with Crippen molar-refractivity contribution in [2.45, 2.75) is 38.3 Å². The van der Waals surface area contributed by atoms with Gasteiger partial charge in [-0.15, -0.1) is 0 Å². The molecule has 1 fully saturated rings. The van der Waals surface area contributed by atoms with Crippen molar-refractivity contribution >= 4 is 11.8 Å². The van der Waals surface area contributed by atoms with E-state index in [1.165, 1.54) is 6.26 Å². The number of rotatable bonds is 12. The molecule has 0 saturated carbocycles. The number of nitrogens with one attached hydrogen (secondary N) is 2. The van der Waals surface area contributed by atoms with Crippen LogP contribution in [0.2, 0.25) is 0 Å². The van der Waals surface area contributed by atoms with E-state index in [0.29, 0.717) is 38.6 Å². The van der Waals surface area contributed by atoms with Gasteiger partial charge in [-0.3, -0.25) is 14.5 Å². The molecule has 3 rings (SSSR count). The Balaban J connectivity index is 1.30. The van der Waals surface area contributed by atoms with E-state index in [9.17, 15) is 9.59 Å². The number of amides is 2. The molecule has 2 aromatic rings. The number of furan rings is 1. The number of ether oxygens (including phenoxy) is 2. The van der Waals surface area contributed by atoms with E-state index in [1.54, 1.807) is 12.1 Å². The lowest BCUT2D eigenvalue weighted by atomic mass is 10.1. The Hall–Kier alpha value is -2.84. The van der Waals surface area contributed by atoms with Gasteiger partial charge in [0.15, 0.2) is 5.76 Å². The van der Waals surface area contributed by atoms with Crippen LogP contribution in [-0.4, -0.2) is 62.7 Å². The minimum Gasteiger partial charge on any atom is -0.492 e. The van der Waals surface area contributed by atoms with Gasteiger partial charge in [0.1, 0.15) is 12.4 Å². The highest BCUT2D eigenvalue weighted by Crippen LogP contribution is 2.15. The first-order valence-corrected chi connectivity index (χ1v) is 11.2. The van der Waals surface area contributed by atoms with Crippen molar-refractivity contribution in [3.05, 3.63) is 54.0 Å². The average molecular weight is 444 g/mol. The number of carbonyl (C=O) groups is 2. The van der Waals surface area contributed by atoms with Crippen molar-refractivity contribution in [3.63, 3.8) is 0 Å². The molecule has 2 amide bonds. The van der Waals surface area contributed by atoms with Crippen LogP contribution < -0.4 is 15.4 Å². The fourth-order valence-corrected chi connectivity index (χ4v) is 3.60. The van der Waals surface area contributed by atoms with Crippen LogP contribution in [0.3, 0.4) is 0 Å². The van der Waals surface area contributed by atoms with Gasteiger partial charge < -0.3 is 24.5 Å². The van der Waals surface area contributed by atoms with E-state index in [-0.39, 0.29) is 17.6 Å². The van der Waals surface area contributed by atoms with Gasteiger partial charge in [-0.25, -0.2) is 0 Å². The number of carbonyl (C=O) groups excluding carboxylic acids is 2. The molecule has 0 atom stereocenters. The third-order valence-corrected chi connectivity index (χ3v) is 5.53. The minimum atomic E-state index is -0.272. The number of likely N-dealkylation sites (N-methyl/N-ethyl adjacent to an activating group) is 1. The summed E-state index contributed by atoms with van der Waals surface area (Å²) >= 11 is 0. The smallest absolute Gasteiger partial charge is 0.286 e. The Bertz CT molecular complexity index is 834. The summed E-state index contributed by atoms with van der Waals surface area (Å²) < 4.78 is 16.4. The molecule has 1 aliphatic heterocycles. The van der Waals surface area contributed by atoms with Crippen LogP contribution in [-0.2, 0) is 16.1 Å². The van der Waals surface area contributed by atoms with Crippen LogP contribution >= 0.6 is 0 Å². The predicted molar refractivity (Wildman–Crippen MR) is 121 cm³/mol. The first-order valence-electron chi connectivity index (χ1n) is 11.2. The van der Waals surface area contributed by atoms with Gasteiger partial charge in [0.2, 0.25) is 5.91 Å². The van der Waals surface area contributed by atoms with Crippen molar-refractivity contribution in [3.8, 4) is 5.75 Å². The van der Waals surface area contributed by atoms with Crippen LogP contribution in [0.15, 0.2) is 47.1 Å². The van der Waals surface area contributed by atoms with Crippen molar-refractivity contribution in [1.82, 2.24) is 15.5 Å². The lowest BCUT2D eigenvalue weighted by molar-refractivity contribution is -0.121. The maximum Gasteiger partial charge on any atom is 0.286 e. The van der Waals surface area contributed by atoms with Crippen LogP contribution in [0.5, 0.6) is 5.75 Å². The molecular formula is C24H33N3O5. The third kappa shape index (κ3) is 8.01. The van der Waals surface area contributed by atoms with Gasteiger partial charge >= 0.3 is 0 Å². The van der Waals surface area contributed by atoms with E-state index in [2.05, 4.69) is 22.6 Å². The first kappa shape index (κ1) is 23.8. The summed E-state index contributed by atoms with van der Waals surface area (Å²) in [7, 11) is 2.13. The lowest BCUT2D eigenvalue weighted by Crippen LogP contribution is -2.38. The molecule has 2 N–H and O–H groups in total. The van der Waals surface area contributed by atoms with E-state index in [1.807, 2.05) is 24.3 Å². The average Bonchev–Trinajstić information content (AvgIpc) is 3.36. The van der Waals surface area contributed by atoms with E-state index >= 15 is 0 Å². The molecule has 2 heterocycles. The molecule has 174 valence electrons. The Morgan fingerprint density at radius 3 is 2.78 bits per heavy atom. The molecule has 0 aliphatic carbocycles. The number of hydrogen-bond acceptors (Lipinski definition) is 6. The van der Waals surface area contributed by atoms with Crippen molar-refractivity contribution in [2.24, 2.45) is 0 Å². The SMILES string of the molecule is CN(CCOc1cccc(CNC(=O)CCCNC(=O)c2ccco2)c1)C1CCOCC1. The summed E-state index contributed by atoms with van der Waals surface area (Å²) in [6.45, 7) is 4.01. The Morgan fingerprint density at radius 2 is 2.00 bits per heavy atom. The van der Waals surface area contributed by atoms with Gasteiger partial charge in [0.25, 0.3) is 5.91 Å². The zero-order chi connectivity index (χ0) is 22.6. The van der Waals surface area contributed by atoms with Gasteiger partial charge in [-0.2, -0.15) is 0 Å². The van der Waals surface area contributed by atoms with Crippen LogP contribution in [0.4, 0.5) is 0 Å². The third-order valence-electron chi connectivity index (χ3n) is 5.53. The van der Waals surface area contributed by atoms with E-state index in [4.69, 9.17) is 13.9 Å². The summed E-state index contributed by atoms with van der Waals surface area (Å²) in [4.78, 5) is 26.2. The van der Waals surface area contributed by atoms with Crippen molar-refractivity contribution < 1.29 is 23.5 Å². The van der Waals surface area contributed by atoms with Crippen LogP contribution in [0.25, 0.3) is 0 Å². The molecule has 8 heteroatoms. The topological polar surface area (TPSA) is 93.0 Å². The maximum absolute atomic E-state index is 12.1. The molecular weight excluding hydrogens is 410 g/mol. The highest BCUT2D eigenvalue weighted by atomic mass is 16.5. The summed E-state index contributed by atoms with van der Waals surface area (Å²) in [5, 5.41) is 5.64. The second kappa shape index (κ2) is 12.9. The highest BCUT2D eigenvalue weighted by Gasteiger charge is 2.18. The summed E-state index contributed by atoms with van der Waals surface area (Å²) in [5.41, 5.74) is 0.986. The van der Waals surface area contributed by atoms with Crippen LogP contribution in [0.1, 0.15) is 41.8 Å². The zero-order valence-corrected chi connectivity index (χ0v) is 18.7. The lowest BCUT2D eigenvalue weighted by Gasteiger charge is -2.31. The molecule has 0 radical (unpaired) electrons. The van der Waals surface area contributed by atoms with Gasteiger partial charge in [-0.1, -0.05) is 12.1 Å². The Kier molecular flexibility index (Phi) is 9.59. The summed E-state index contributed by atoms with van der Waals surface area (Å²) in [5.74, 6) is 0.748. The number of nitrogens with zero attached hydrogens (tertiary/aromatic N) is 1. The summed E-state index contributed by atoms with van der Waals surface area (Å²) in [6.07, 6.45) is 4.49. The standard InChI is InChI=1S/C24H33N3O5/c1-27(20-9-14-30-15-10-20)12-16-31-21-6-2-5-19(17-21)18-26-23(28)8-3-11-25-24(29)22-7-4-13-32-22/h2,4-7,13,17,20H,3,8-12,14-16,18H2,1H3,(H,25,29)(H,26,28). The highest BCUT2D eigenvalue weighted by molar-refractivity contribution is 5.91. The fourth-order valence-electron chi connectivity index (χ4n) is 3.60. The fraction of sp³-hybridized carbons (Fsp3) is 0.500. The monoisotopic (exact) mass is 443 g/mol. The molecule has 1 saturated heterocycles. The molecule has 1 aromatic carbocycles. The van der Waals surface area contributed by atoms with Crippen molar-refractivity contribution in [2.75, 3.05) is 40.0 Å². The minimum absolute atomic E-state index is 0.0540. The predicted octanol–water partition coefficient (Wildman–Crippen LogP) is 2.60. The number of hydrogen-bond donors (Lipinski definition) is 2. The van der Waals surface area contributed by atoms with E-state index < -0.39 is 0 Å². The van der Waals surface area contributed by atoms with Gasteiger partial charge in [0, 0.05) is 45.3 Å². The van der Waals surface area contributed by atoms with Crippen LogP contribution in [0, 0.1) is 0 Å². The number of benzene rings is 1. The molecule has 0 spiro atoms. The molecule has 1 aromatic heterocycles. The summed E-state index contributed by atoms with van der Waals surface area (Å²) in [6, 6.07) is 11.6. The molecule has 8 nitrogen and oxygen atoms in total. The van der Waals surface area contributed by atoms with Gasteiger partial charge in [0.05, 0.1) is 6.26 Å². The van der Waals surface area contributed by atoms with E-state index in [0.717, 1.165) is 43.9 Å².